The number of fused-ring (bicyclic) bond motifs is 1. The minimum atomic E-state index is 0.988. The zero-order chi connectivity index (χ0) is 6.10. The van der Waals surface area contributed by atoms with Gasteiger partial charge in [-0.25, -0.2) is 0 Å². The van der Waals surface area contributed by atoms with Gasteiger partial charge in [-0.05, 0) is 23.7 Å². The van der Waals surface area contributed by atoms with Crippen molar-refractivity contribution in [3.05, 3.63) is 23.7 Å². The molecule has 0 aliphatic carbocycles. The summed E-state index contributed by atoms with van der Waals surface area (Å²) in [5, 5.41) is 1.94. The van der Waals surface area contributed by atoms with E-state index >= 15 is 0 Å². The second-order valence-corrected chi connectivity index (χ2v) is 2.35. The fraction of sp³-hybridized carbons (Fsp3) is 0. The van der Waals surface area contributed by atoms with Crippen molar-refractivity contribution in [2.45, 2.75) is 0 Å². The molecule has 2 nitrogen and oxygen atoms in total. The summed E-state index contributed by atoms with van der Waals surface area (Å²) < 4.78 is 4.10. The lowest BCUT2D eigenvalue weighted by atomic mass is 10.4. The molecule has 9 heavy (non-hydrogen) atoms. The van der Waals surface area contributed by atoms with Gasteiger partial charge in [-0.3, -0.25) is 4.98 Å². The fourth-order valence-corrected chi connectivity index (χ4v) is 1.31. The van der Waals surface area contributed by atoms with Crippen molar-refractivity contribution in [1.82, 2.24) is 9.36 Å². The van der Waals surface area contributed by atoms with E-state index in [9.17, 15) is 0 Å². The molecule has 2 rings (SSSR count). The molecule has 0 radical (unpaired) electrons. The summed E-state index contributed by atoms with van der Waals surface area (Å²) >= 11 is 1.44. The molecule has 0 aliphatic heterocycles. The summed E-state index contributed by atoms with van der Waals surface area (Å²) in [6.45, 7) is 0. The van der Waals surface area contributed by atoms with Crippen molar-refractivity contribution in [3.63, 3.8) is 0 Å². The predicted octanol–water partition coefficient (Wildman–Crippen LogP) is 1.69. The van der Waals surface area contributed by atoms with Crippen molar-refractivity contribution in [2.75, 3.05) is 0 Å². The highest BCUT2D eigenvalue weighted by molar-refractivity contribution is 7.04. The quantitative estimate of drug-likeness (QED) is 0.550. The van der Waals surface area contributed by atoms with Gasteiger partial charge in [-0.1, -0.05) is 0 Å². The van der Waals surface area contributed by atoms with Crippen LogP contribution in [-0.4, -0.2) is 9.36 Å². The smallest absolute Gasteiger partial charge is 0.103 e. The first kappa shape index (κ1) is 4.88. The number of rotatable bonds is 0. The zero-order valence-electron chi connectivity index (χ0n) is 4.61. The summed E-state index contributed by atoms with van der Waals surface area (Å²) in [6.07, 6.45) is 1.77. The van der Waals surface area contributed by atoms with E-state index in [0.29, 0.717) is 0 Å². The third kappa shape index (κ3) is 0.695. The van der Waals surface area contributed by atoms with Crippen LogP contribution in [0.5, 0.6) is 0 Å². The minimum absolute atomic E-state index is 0.988. The van der Waals surface area contributed by atoms with Crippen molar-refractivity contribution in [1.29, 1.82) is 0 Å². The number of hydrogen-bond donors (Lipinski definition) is 0. The van der Waals surface area contributed by atoms with E-state index in [1.54, 1.807) is 6.20 Å². The van der Waals surface area contributed by atoms with Crippen LogP contribution in [0, 0.1) is 0 Å². The summed E-state index contributed by atoms with van der Waals surface area (Å²) in [4.78, 5) is 4.09. The maximum atomic E-state index is 4.10. The van der Waals surface area contributed by atoms with Gasteiger partial charge in [0.05, 0.1) is 0 Å². The van der Waals surface area contributed by atoms with Crippen LogP contribution in [0.3, 0.4) is 0 Å². The summed E-state index contributed by atoms with van der Waals surface area (Å²) in [7, 11) is 0. The van der Waals surface area contributed by atoms with Crippen LogP contribution in [0.1, 0.15) is 0 Å². The van der Waals surface area contributed by atoms with Gasteiger partial charge >= 0.3 is 0 Å². The van der Waals surface area contributed by atoms with Gasteiger partial charge in [-0.2, -0.15) is 4.37 Å². The maximum absolute atomic E-state index is 4.10. The van der Waals surface area contributed by atoms with Gasteiger partial charge in [0, 0.05) is 11.6 Å². The number of pyridine rings is 1. The van der Waals surface area contributed by atoms with E-state index in [4.69, 9.17) is 0 Å². The Bertz CT molecular complexity index is 285. The van der Waals surface area contributed by atoms with Crippen molar-refractivity contribution >= 4 is 22.6 Å². The lowest BCUT2D eigenvalue weighted by Gasteiger charge is -1.80. The molecule has 0 aromatic carbocycles. The average Bonchev–Trinajstić information content (AvgIpc) is 2.33. The molecule has 0 fully saturated rings. The lowest BCUT2D eigenvalue weighted by Crippen LogP contribution is -1.68. The Labute approximate surface area is 56.3 Å². The Morgan fingerprint density at radius 2 is 2.33 bits per heavy atom. The molecule has 0 N–H and O–H groups in total. The Balaban J connectivity index is 2.95. The molecule has 0 amide bonds. The molecule has 0 atom stereocenters. The van der Waals surface area contributed by atoms with Crippen LogP contribution in [-0.2, 0) is 0 Å². The van der Waals surface area contributed by atoms with Crippen molar-refractivity contribution in [2.24, 2.45) is 0 Å². The highest BCUT2D eigenvalue weighted by Crippen LogP contribution is 2.09. The minimum Gasteiger partial charge on any atom is -0.254 e. The van der Waals surface area contributed by atoms with Gasteiger partial charge in [0.25, 0.3) is 0 Å². The Hall–Kier alpha value is -0.960. The molecular formula is C6H4N2S. The molecule has 2 aromatic heterocycles. The molecule has 2 aromatic rings. The molecule has 2 heterocycles. The van der Waals surface area contributed by atoms with Gasteiger partial charge in [0.2, 0.25) is 0 Å². The Morgan fingerprint density at radius 3 is 3.22 bits per heavy atom. The highest BCUT2D eigenvalue weighted by atomic mass is 32.1. The summed E-state index contributed by atoms with van der Waals surface area (Å²) in [6, 6.07) is 3.85. The van der Waals surface area contributed by atoms with Gasteiger partial charge < -0.3 is 0 Å². The topological polar surface area (TPSA) is 25.8 Å². The monoisotopic (exact) mass is 136 g/mol. The van der Waals surface area contributed by atoms with Crippen LogP contribution in [0.4, 0.5) is 0 Å². The van der Waals surface area contributed by atoms with Crippen molar-refractivity contribution in [3.8, 4) is 0 Å². The molecule has 0 bridgehead atoms. The van der Waals surface area contributed by atoms with Crippen molar-refractivity contribution < 1.29 is 0 Å². The van der Waals surface area contributed by atoms with Gasteiger partial charge in [0.15, 0.2) is 0 Å². The molecule has 0 unspecified atom stereocenters. The first-order valence-corrected chi connectivity index (χ1v) is 3.45. The molecule has 44 valence electrons. The maximum Gasteiger partial charge on any atom is 0.103 e. The summed E-state index contributed by atoms with van der Waals surface area (Å²) in [5.41, 5.74) is 1.98. The van der Waals surface area contributed by atoms with Gasteiger partial charge in [-0.15, -0.1) is 0 Å². The van der Waals surface area contributed by atoms with Crippen LogP contribution in [0.15, 0.2) is 23.7 Å². The fourth-order valence-electron chi connectivity index (χ4n) is 0.710. The van der Waals surface area contributed by atoms with E-state index in [-0.39, 0.29) is 0 Å². The molecular weight excluding hydrogens is 132 g/mol. The lowest BCUT2D eigenvalue weighted by molar-refractivity contribution is 1.41. The first-order chi connectivity index (χ1) is 4.47. The third-order valence-electron chi connectivity index (χ3n) is 1.13. The average molecular weight is 136 g/mol. The molecule has 3 heteroatoms. The van der Waals surface area contributed by atoms with Gasteiger partial charge in [0.1, 0.15) is 11.0 Å². The summed E-state index contributed by atoms with van der Waals surface area (Å²) in [5.74, 6) is 0. The van der Waals surface area contributed by atoms with E-state index in [1.165, 1.54) is 11.5 Å². The predicted molar refractivity (Wildman–Crippen MR) is 37.4 cm³/mol. The SMILES string of the molecule is c1cnc2csnc2c1. The normalized spacial score (nSPS) is 10.2. The first-order valence-electron chi connectivity index (χ1n) is 2.62. The van der Waals surface area contributed by atoms with Crippen LogP contribution >= 0.6 is 11.5 Å². The molecule has 0 aliphatic rings. The van der Waals surface area contributed by atoms with E-state index in [1.807, 2.05) is 17.5 Å². The second kappa shape index (κ2) is 1.77. The largest absolute Gasteiger partial charge is 0.254 e. The highest BCUT2D eigenvalue weighted by Gasteiger charge is 1.91. The van der Waals surface area contributed by atoms with E-state index < -0.39 is 0 Å². The Kier molecular flexibility index (Phi) is 0.960. The molecule has 0 saturated heterocycles. The molecule has 0 saturated carbocycles. The van der Waals surface area contributed by atoms with E-state index in [2.05, 4.69) is 9.36 Å². The third-order valence-corrected chi connectivity index (χ3v) is 1.76. The molecule has 0 spiro atoms. The van der Waals surface area contributed by atoms with Crippen LogP contribution in [0.25, 0.3) is 11.0 Å². The second-order valence-electron chi connectivity index (χ2n) is 1.72. The van der Waals surface area contributed by atoms with E-state index in [0.717, 1.165) is 11.0 Å². The zero-order valence-corrected chi connectivity index (χ0v) is 5.43. The number of hydrogen-bond acceptors (Lipinski definition) is 3. The van der Waals surface area contributed by atoms with Crippen LogP contribution < -0.4 is 0 Å². The standard InChI is InChI=1S/C6H4N2S/c1-2-5-6(7-3-1)4-9-8-5/h1-4H. The Morgan fingerprint density at radius 1 is 1.33 bits per heavy atom. The van der Waals surface area contributed by atoms with Crippen LogP contribution in [0.2, 0.25) is 0 Å². The number of aromatic nitrogens is 2. The number of nitrogens with zero attached hydrogens (tertiary/aromatic N) is 2.